The molecule has 1 amide bonds. The third-order valence-electron chi connectivity index (χ3n) is 2.87. The van der Waals surface area contributed by atoms with Crippen LogP contribution < -0.4 is 5.32 Å². The zero-order valence-electron chi connectivity index (χ0n) is 11.6. The van der Waals surface area contributed by atoms with Crippen LogP contribution in [0.3, 0.4) is 0 Å². The molecule has 0 aromatic heterocycles. The molecule has 1 N–H and O–H groups in total. The molecule has 7 heteroatoms. The van der Waals surface area contributed by atoms with Gasteiger partial charge in [0.25, 0.3) is 11.6 Å². The molecule has 6 nitrogen and oxygen atoms in total. The summed E-state index contributed by atoms with van der Waals surface area (Å²) in [6, 6.07) is 3.94. The van der Waals surface area contributed by atoms with Gasteiger partial charge in [-0.25, -0.2) is 0 Å². The number of benzene rings is 1. The molecule has 0 radical (unpaired) electrons. The van der Waals surface area contributed by atoms with Crippen LogP contribution in [0, 0.1) is 16.0 Å². The molecule has 20 heavy (non-hydrogen) atoms. The van der Waals surface area contributed by atoms with Crippen LogP contribution in [0.25, 0.3) is 0 Å². The van der Waals surface area contributed by atoms with Crippen LogP contribution in [-0.2, 0) is 4.74 Å². The molecular formula is C13H17BrN2O4. The van der Waals surface area contributed by atoms with Gasteiger partial charge in [0.15, 0.2) is 0 Å². The van der Waals surface area contributed by atoms with Gasteiger partial charge >= 0.3 is 0 Å². The van der Waals surface area contributed by atoms with Crippen LogP contribution in [0.5, 0.6) is 0 Å². The number of methoxy groups -OCH3 is 1. The predicted molar refractivity (Wildman–Crippen MR) is 78.8 cm³/mol. The van der Waals surface area contributed by atoms with Crippen molar-refractivity contribution >= 4 is 27.5 Å². The second-order valence-electron chi connectivity index (χ2n) is 4.70. The topological polar surface area (TPSA) is 81.5 Å². The van der Waals surface area contributed by atoms with E-state index >= 15 is 0 Å². The van der Waals surface area contributed by atoms with Crippen LogP contribution in [-0.4, -0.2) is 30.6 Å². The molecule has 110 valence electrons. The number of rotatable bonds is 6. The Hall–Kier alpha value is -1.47. The summed E-state index contributed by atoms with van der Waals surface area (Å²) in [7, 11) is 1.56. The molecule has 1 aromatic rings. The van der Waals surface area contributed by atoms with Gasteiger partial charge < -0.3 is 10.1 Å². The van der Waals surface area contributed by atoms with E-state index in [1.807, 2.05) is 13.8 Å². The number of hydrogen-bond donors (Lipinski definition) is 1. The van der Waals surface area contributed by atoms with Crippen LogP contribution in [0.15, 0.2) is 22.7 Å². The zero-order valence-corrected chi connectivity index (χ0v) is 13.1. The molecule has 1 atom stereocenters. The first kappa shape index (κ1) is 16.6. The lowest BCUT2D eigenvalue weighted by molar-refractivity contribution is -0.384. The Labute approximate surface area is 125 Å². The minimum absolute atomic E-state index is 0.119. The summed E-state index contributed by atoms with van der Waals surface area (Å²) in [5.74, 6) is -0.173. The van der Waals surface area contributed by atoms with Gasteiger partial charge in [-0.3, -0.25) is 14.9 Å². The summed E-state index contributed by atoms with van der Waals surface area (Å²) < 4.78 is 5.57. The molecule has 0 saturated carbocycles. The van der Waals surface area contributed by atoms with Gasteiger partial charge in [-0.15, -0.1) is 0 Å². The van der Waals surface area contributed by atoms with Gasteiger partial charge in [0.05, 0.1) is 23.1 Å². The molecule has 0 aliphatic carbocycles. The first-order valence-corrected chi connectivity index (χ1v) is 6.89. The Morgan fingerprint density at radius 2 is 2.15 bits per heavy atom. The van der Waals surface area contributed by atoms with E-state index in [9.17, 15) is 14.9 Å². The number of nitro groups is 1. The van der Waals surface area contributed by atoms with Gasteiger partial charge in [-0.2, -0.15) is 0 Å². The summed E-state index contributed by atoms with van der Waals surface area (Å²) >= 11 is 3.23. The summed E-state index contributed by atoms with van der Waals surface area (Å²) in [4.78, 5) is 22.4. The van der Waals surface area contributed by atoms with Crippen molar-refractivity contribution in [1.29, 1.82) is 0 Å². The highest BCUT2D eigenvalue weighted by atomic mass is 79.9. The molecule has 1 unspecified atom stereocenters. The molecule has 0 bridgehead atoms. The molecule has 0 fully saturated rings. The number of nitrogens with zero attached hydrogens (tertiary/aromatic N) is 1. The number of non-ortho nitro benzene ring substituents is 1. The number of nitro benzene ring substituents is 1. The lowest BCUT2D eigenvalue weighted by atomic mass is 10.0. The van der Waals surface area contributed by atoms with E-state index in [1.165, 1.54) is 18.2 Å². The lowest BCUT2D eigenvalue weighted by Gasteiger charge is -2.21. The third kappa shape index (κ3) is 4.28. The summed E-state index contributed by atoms with van der Waals surface area (Å²) in [6.45, 7) is 4.31. The van der Waals surface area contributed by atoms with Gasteiger partial charge in [0.2, 0.25) is 0 Å². The van der Waals surface area contributed by atoms with E-state index in [0.29, 0.717) is 11.1 Å². The van der Waals surface area contributed by atoms with Crippen molar-refractivity contribution in [2.24, 2.45) is 5.92 Å². The molecule has 0 spiro atoms. The Balaban J connectivity index is 2.96. The number of hydrogen-bond acceptors (Lipinski definition) is 4. The van der Waals surface area contributed by atoms with Crippen LogP contribution in [0.2, 0.25) is 0 Å². The van der Waals surface area contributed by atoms with Crippen molar-refractivity contribution in [1.82, 2.24) is 5.32 Å². The van der Waals surface area contributed by atoms with Crippen LogP contribution >= 0.6 is 15.9 Å². The van der Waals surface area contributed by atoms with E-state index in [-0.39, 0.29) is 29.1 Å². The van der Waals surface area contributed by atoms with E-state index in [0.717, 1.165) is 0 Å². The van der Waals surface area contributed by atoms with Crippen molar-refractivity contribution < 1.29 is 14.5 Å². The third-order valence-corrected chi connectivity index (χ3v) is 3.56. The molecule has 0 aliphatic heterocycles. The highest BCUT2D eigenvalue weighted by Crippen LogP contribution is 2.22. The van der Waals surface area contributed by atoms with Gasteiger partial charge in [0, 0.05) is 23.7 Å². The highest BCUT2D eigenvalue weighted by molar-refractivity contribution is 9.10. The second-order valence-corrected chi connectivity index (χ2v) is 5.55. The zero-order chi connectivity index (χ0) is 15.3. The van der Waals surface area contributed by atoms with E-state index < -0.39 is 4.92 Å². The number of nitrogens with one attached hydrogen (secondary N) is 1. The number of halogens is 1. The second kappa shape index (κ2) is 7.35. The molecule has 0 heterocycles. The average molecular weight is 345 g/mol. The number of ether oxygens (including phenoxy) is 1. The molecule has 0 aliphatic rings. The summed E-state index contributed by atoms with van der Waals surface area (Å²) in [6.07, 6.45) is 0. The van der Waals surface area contributed by atoms with Gasteiger partial charge in [0.1, 0.15) is 0 Å². The summed E-state index contributed by atoms with van der Waals surface area (Å²) in [5.41, 5.74) is 0.118. The maximum absolute atomic E-state index is 12.2. The lowest BCUT2D eigenvalue weighted by Crippen LogP contribution is -2.41. The van der Waals surface area contributed by atoms with E-state index in [1.54, 1.807) is 7.11 Å². The molecular weight excluding hydrogens is 328 g/mol. The standard InChI is InChI=1S/C13H17BrN2O4/c1-8(2)12(7-20-3)15-13(17)10-6-9(16(18)19)4-5-11(10)14/h4-6,8,12H,7H2,1-3H3,(H,15,17). The number of carbonyl (C=O) groups excluding carboxylic acids is 1. The van der Waals surface area contributed by atoms with Gasteiger partial charge in [-0.05, 0) is 27.9 Å². The van der Waals surface area contributed by atoms with Gasteiger partial charge in [-0.1, -0.05) is 13.8 Å². The monoisotopic (exact) mass is 344 g/mol. The Bertz CT molecular complexity index is 505. The van der Waals surface area contributed by atoms with Crippen LogP contribution in [0.4, 0.5) is 5.69 Å². The van der Waals surface area contributed by atoms with E-state index in [2.05, 4.69) is 21.2 Å². The quantitative estimate of drug-likeness (QED) is 0.635. The largest absolute Gasteiger partial charge is 0.383 e. The molecule has 1 aromatic carbocycles. The fourth-order valence-corrected chi connectivity index (χ4v) is 2.05. The van der Waals surface area contributed by atoms with Crippen LogP contribution in [0.1, 0.15) is 24.2 Å². The first-order valence-electron chi connectivity index (χ1n) is 6.10. The minimum atomic E-state index is -0.529. The number of amides is 1. The number of carbonyl (C=O) groups is 1. The molecule has 0 saturated heterocycles. The van der Waals surface area contributed by atoms with E-state index in [4.69, 9.17) is 4.74 Å². The SMILES string of the molecule is COCC(NC(=O)c1cc([N+](=O)[O-])ccc1Br)C(C)C. The van der Waals surface area contributed by atoms with Crippen molar-refractivity contribution in [2.75, 3.05) is 13.7 Å². The summed E-state index contributed by atoms with van der Waals surface area (Å²) in [5, 5.41) is 13.6. The molecule has 1 rings (SSSR count). The minimum Gasteiger partial charge on any atom is -0.383 e. The Kier molecular flexibility index (Phi) is 6.09. The van der Waals surface area contributed by atoms with Crippen molar-refractivity contribution in [2.45, 2.75) is 19.9 Å². The average Bonchev–Trinajstić information content (AvgIpc) is 2.38. The smallest absolute Gasteiger partial charge is 0.270 e. The Morgan fingerprint density at radius 1 is 1.50 bits per heavy atom. The normalized spacial score (nSPS) is 12.2. The predicted octanol–water partition coefficient (Wildman–Crippen LogP) is 2.76. The van der Waals surface area contributed by atoms with Crippen molar-refractivity contribution in [3.63, 3.8) is 0 Å². The maximum atomic E-state index is 12.2. The fraction of sp³-hybridized carbons (Fsp3) is 0.462. The van der Waals surface area contributed by atoms with Crippen molar-refractivity contribution in [3.8, 4) is 0 Å². The highest BCUT2D eigenvalue weighted by Gasteiger charge is 2.20. The first-order chi connectivity index (χ1) is 9.36. The fourth-order valence-electron chi connectivity index (χ4n) is 1.63. The maximum Gasteiger partial charge on any atom is 0.270 e. The van der Waals surface area contributed by atoms with Crippen molar-refractivity contribution in [3.05, 3.63) is 38.3 Å². The Morgan fingerprint density at radius 3 is 2.65 bits per heavy atom.